The summed E-state index contributed by atoms with van der Waals surface area (Å²) in [4.78, 5) is 0. The van der Waals surface area contributed by atoms with Gasteiger partial charge in [0.1, 0.15) is 0 Å². The average molecular weight is 814 g/mol. The first-order chi connectivity index (χ1) is 25.1. The fourth-order valence-electron chi connectivity index (χ4n) is 9.29. The predicted octanol–water partition coefficient (Wildman–Crippen LogP) is 13.1. The van der Waals surface area contributed by atoms with E-state index in [1.54, 1.807) is 8.79 Å². The van der Waals surface area contributed by atoms with Crippen molar-refractivity contribution in [2.45, 2.75) is 99.8 Å². The molecule has 0 N–H and O–H groups in total. The summed E-state index contributed by atoms with van der Waals surface area (Å²) in [6.07, 6.45) is 0. The monoisotopic (exact) mass is 814 g/mol. The molecule has 0 aromatic heterocycles. The Morgan fingerprint density at radius 3 is 0.679 bits per heavy atom. The van der Waals surface area contributed by atoms with Gasteiger partial charge in [-0.25, -0.2) is 0 Å². The molecule has 0 unspecified atom stereocenters. The molecular formula is C51H59GaGe. The second-order valence-corrected chi connectivity index (χ2v) is 22.9. The van der Waals surface area contributed by atoms with Crippen LogP contribution in [0.4, 0.5) is 0 Å². The third-order valence-electron chi connectivity index (χ3n) is 10.7. The van der Waals surface area contributed by atoms with Crippen LogP contribution in [-0.4, -0.2) is 31.8 Å². The van der Waals surface area contributed by atoms with Gasteiger partial charge >= 0.3 is 337 Å². The fourth-order valence-corrected chi connectivity index (χ4v) is 15.0. The van der Waals surface area contributed by atoms with E-state index in [-0.39, 0.29) is 0 Å². The van der Waals surface area contributed by atoms with Crippen molar-refractivity contribution in [2.75, 3.05) is 0 Å². The Balaban J connectivity index is 0.00000175. The van der Waals surface area contributed by atoms with Gasteiger partial charge in [-0.3, -0.25) is 0 Å². The molecule has 0 fully saturated rings. The van der Waals surface area contributed by atoms with Crippen LogP contribution >= 0.6 is 0 Å². The summed E-state index contributed by atoms with van der Waals surface area (Å²) in [6, 6.07) is 33.3. The summed E-state index contributed by atoms with van der Waals surface area (Å²) < 4.78 is 3.13. The normalized spacial score (nSPS) is 11.1. The van der Waals surface area contributed by atoms with Crippen molar-refractivity contribution in [3.63, 3.8) is 0 Å². The van der Waals surface area contributed by atoms with Crippen LogP contribution in [0.25, 0.3) is 44.5 Å². The van der Waals surface area contributed by atoms with Crippen LogP contribution in [0.15, 0.2) is 84.9 Å². The van der Waals surface area contributed by atoms with Gasteiger partial charge in [-0.2, -0.15) is 0 Å². The van der Waals surface area contributed by atoms with E-state index in [9.17, 15) is 0 Å². The number of rotatable bonds is 6. The molecule has 0 aliphatic rings. The summed E-state index contributed by atoms with van der Waals surface area (Å²) in [6.45, 7) is 27.3. The number of hydrogen-bond acceptors (Lipinski definition) is 0. The average Bonchev–Trinajstić information content (AvgIpc) is 3.03. The molecule has 270 valence electrons. The van der Waals surface area contributed by atoms with Crippen molar-refractivity contribution in [3.05, 3.63) is 152 Å². The standard InChI is InChI=1S/C49H53Ge.2CH3.Ga/c1-28-20-32(5)44(33(6)21-28)40-16-14-17-41(45-34(7)22-29(2)23-35(45)8)48(40)50(13)49-42(46-36(9)24-30(3)25-37(46)10)18-15-19-43(49)47-38(11)26-31(4)27-39(47)12;;;/h14-27H,1-13H3;2*1H3;. The Hall–Kier alpha value is -3.50. The number of benzene rings is 6. The van der Waals surface area contributed by atoms with Gasteiger partial charge in [-0.1, -0.05) is 0 Å². The Morgan fingerprint density at radius 1 is 0.340 bits per heavy atom. The van der Waals surface area contributed by atoms with E-state index in [1.807, 2.05) is 0 Å². The minimum absolute atomic E-state index is 0.312. The quantitative estimate of drug-likeness (QED) is 0.147. The van der Waals surface area contributed by atoms with Crippen molar-refractivity contribution in [3.8, 4) is 44.5 Å². The van der Waals surface area contributed by atoms with Crippen LogP contribution in [0.3, 0.4) is 0 Å². The Bertz CT molecular complexity index is 1920. The van der Waals surface area contributed by atoms with Crippen molar-refractivity contribution >= 4 is 40.5 Å². The minimum atomic E-state index is -2.38. The Morgan fingerprint density at radius 2 is 0.509 bits per heavy atom. The molecule has 0 heterocycles. The molecule has 0 bridgehead atoms. The van der Waals surface area contributed by atoms with E-state index in [0.29, 0.717) is 17.4 Å². The molecule has 53 heavy (non-hydrogen) atoms. The zero-order valence-corrected chi connectivity index (χ0v) is 39.7. The first-order valence-electron chi connectivity index (χ1n) is 19.3. The van der Waals surface area contributed by atoms with Crippen LogP contribution < -0.4 is 8.79 Å². The van der Waals surface area contributed by atoms with Crippen LogP contribution in [0, 0.1) is 83.1 Å². The first-order valence-corrected chi connectivity index (χ1v) is 28.3. The molecule has 0 saturated heterocycles. The molecular weight excluding hydrogens is 755 g/mol. The van der Waals surface area contributed by atoms with Gasteiger partial charge in [0, 0.05) is 0 Å². The number of hydrogen-bond donors (Lipinski definition) is 0. The molecule has 2 radical (unpaired) electrons. The Kier molecular flexibility index (Phi) is 13.0. The van der Waals surface area contributed by atoms with Crippen LogP contribution in [-0.2, 0) is 0 Å². The molecule has 0 saturated carbocycles. The van der Waals surface area contributed by atoms with Gasteiger partial charge in [0.05, 0.1) is 0 Å². The summed E-state index contributed by atoms with van der Waals surface area (Å²) in [7, 11) is 0. The molecule has 0 atom stereocenters. The van der Waals surface area contributed by atoms with Crippen LogP contribution in [0.5, 0.6) is 0 Å². The second kappa shape index (κ2) is 16.9. The summed E-state index contributed by atoms with van der Waals surface area (Å²) in [5.41, 5.74) is 31.9. The zero-order valence-electron chi connectivity index (χ0n) is 35.2. The third kappa shape index (κ3) is 8.29. The topological polar surface area (TPSA) is 0 Å². The molecule has 0 aliphatic heterocycles. The van der Waals surface area contributed by atoms with E-state index in [0.717, 1.165) is 0 Å². The van der Waals surface area contributed by atoms with Crippen LogP contribution in [0.1, 0.15) is 66.8 Å². The third-order valence-corrected chi connectivity index (χ3v) is 16.1. The molecule has 0 aliphatic carbocycles. The van der Waals surface area contributed by atoms with Gasteiger partial charge in [0.15, 0.2) is 0 Å². The molecule has 0 amide bonds. The molecule has 6 rings (SSSR count). The van der Waals surface area contributed by atoms with Crippen molar-refractivity contribution in [2.24, 2.45) is 0 Å². The summed E-state index contributed by atoms with van der Waals surface area (Å²) in [5.74, 6) is 2.64. The zero-order chi connectivity index (χ0) is 38.9. The van der Waals surface area contributed by atoms with Crippen molar-refractivity contribution in [1.29, 1.82) is 0 Å². The summed E-state index contributed by atoms with van der Waals surface area (Å²) in [5, 5.41) is 0. The maximum atomic E-state index is 2.64. The van der Waals surface area contributed by atoms with Gasteiger partial charge in [-0.15, -0.1) is 0 Å². The second-order valence-electron chi connectivity index (χ2n) is 15.8. The van der Waals surface area contributed by atoms with E-state index in [2.05, 4.69) is 185 Å². The SMILES string of the molecule is Cc1cc(C)c(-c2cccc(-c3c(C)cc(C)cc3C)[c]2[Ge]([CH3])[c]2c(-c3c(C)cc(C)cc3C)cccc2-c2c(C)cc(C)cc2C)c(C)c1.[CH3][Ga][CH3]. The van der Waals surface area contributed by atoms with Gasteiger partial charge in [-0.05, 0) is 0 Å². The molecule has 0 nitrogen and oxygen atoms in total. The summed E-state index contributed by atoms with van der Waals surface area (Å²) >= 11 is -2.07. The molecule has 6 aromatic rings. The van der Waals surface area contributed by atoms with E-state index in [4.69, 9.17) is 0 Å². The van der Waals surface area contributed by atoms with Crippen molar-refractivity contribution < 1.29 is 0 Å². The van der Waals surface area contributed by atoms with Crippen LogP contribution in [0.2, 0.25) is 16.7 Å². The maximum absolute atomic E-state index is 2.64. The first kappa shape index (κ1) is 40.7. The van der Waals surface area contributed by atoms with Gasteiger partial charge in [0.2, 0.25) is 0 Å². The molecule has 2 heteroatoms. The number of aryl methyl sites for hydroxylation is 12. The van der Waals surface area contributed by atoms with E-state index < -0.39 is 14.3 Å². The van der Waals surface area contributed by atoms with E-state index >= 15 is 0 Å². The molecule has 0 spiro atoms. The predicted molar refractivity (Wildman–Crippen MR) is 240 cm³/mol. The van der Waals surface area contributed by atoms with Gasteiger partial charge in [0.25, 0.3) is 0 Å². The Labute approximate surface area is 334 Å². The van der Waals surface area contributed by atoms with Gasteiger partial charge < -0.3 is 0 Å². The fraction of sp³-hybridized carbons (Fsp3) is 0.294. The molecule has 6 aromatic carbocycles. The van der Waals surface area contributed by atoms with Crippen molar-refractivity contribution in [1.82, 2.24) is 0 Å². The van der Waals surface area contributed by atoms with E-state index in [1.165, 1.54) is 111 Å².